The predicted octanol–water partition coefficient (Wildman–Crippen LogP) is 1.37. The molecule has 0 saturated carbocycles. The summed E-state index contributed by atoms with van der Waals surface area (Å²) in [5, 5.41) is 0.445. The SMILES string of the molecule is CN(C)C(=O)Cc1ccc(Cl)nc1. The number of aromatic nitrogens is 1. The zero-order valence-corrected chi connectivity index (χ0v) is 8.38. The Morgan fingerprint density at radius 3 is 2.69 bits per heavy atom. The highest BCUT2D eigenvalue weighted by molar-refractivity contribution is 6.29. The second-order valence-corrected chi connectivity index (χ2v) is 3.34. The average molecular weight is 199 g/mol. The van der Waals surface area contributed by atoms with Crippen LogP contribution in [0, 0.1) is 0 Å². The van der Waals surface area contributed by atoms with E-state index < -0.39 is 0 Å². The van der Waals surface area contributed by atoms with Gasteiger partial charge in [-0.1, -0.05) is 17.7 Å². The molecular weight excluding hydrogens is 188 g/mol. The first-order valence-electron chi connectivity index (χ1n) is 3.90. The lowest BCUT2D eigenvalue weighted by Gasteiger charge is -2.09. The Hall–Kier alpha value is -1.09. The smallest absolute Gasteiger partial charge is 0.226 e. The van der Waals surface area contributed by atoms with Gasteiger partial charge in [-0.3, -0.25) is 4.79 Å². The fourth-order valence-electron chi connectivity index (χ4n) is 0.844. The maximum absolute atomic E-state index is 11.3. The van der Waals surface area contributed by atoms with Gasteiger partial charge in [0.15, 0.2) is 0 Å². The quantitative estimate of drug-likeness (QED) is 0.673. The van der Waals surface area contributed by atoms with Gasteiger partial charge in [0.1, 0.15) is 5.15 Å². The fourth-order valence-corrected chi connectivity index (χ4v) is 0.956. The molecule has 4 heteroatoms. The number of halogens is 1. The third-order valence-electron chi connectivity index (χ3n) is 1.64. The summed E-state index contributed by atoms with van der Waals surface area (Å²) < 4.78 is 0. The maximum Gasteiger partial charge on any atom is 0.226 e. The summed E-state index contributed by atoms with van der Waals surface area (Å²) in [7, 11) is 3.46. The standard InChI is InChI=1S/C9H11ClN2O/c1-12(2)9(13)5-7-3-4-8(10)11-6-7/h3-4,6H,5H2,1-2H3. The van der Waals surface area contributed by atoms with E-state index in [0.29, 0.717) is 11.6 Å². The van der Waals surface area contributed by atoms with Crippen LogP contribution in [0.15, 0.2) is 18.3 Å². The molecule has 13 heavy (non-hydrogen) atoms. The van der Waals surface area contributed by atoms with Gasteiger partial charge in [0, 0.05) is 20.3 Å². The molecule has 0 bridgehead atoms. The van der Waals surface area contributed by atoms with Gasteiger partial charge >= 0.3 is 0 Å². The molecule has 70 valence electrons. The molecule has 0 unspecified atom stereocenters. The molecule has 0 aromatic carbocycles. The zero-order chi connectivity index (χ0) is 9.84. The molecule has 1 aromatic heterocycles. The number of amides is 1. The molecule has 0 aliphatic carbocycles. The Morgan fingerprint density at radius 2 is 2.23 bits per heavy atom. The van der Waals surface area contributed by atoms with Crippen LogP contribution in [0.25, 0.3) is 0 Å². The first kappa shape index (κ1) is 9.99. The zero-order valence-electron chi connectivity index (χ0n) is 7.62. The van der Waals surface area contributed by atoms with Gasteiger partial charge < -0.3 is 4.90 Å². The average Bonchev–Trinajstić information content (AvgIpc) is 2.08. The molecule has 1 rings (SSSR count). The molecule has 0 spiro atoms. The first-order valence-corrected chi connectivity index (χ1v) is 4.28. The molecule has 1 heterocycles. The lowest BCUT2D eigenvalue weighted by Crippen LogP contribution is -2.23. The summed E-state index contributed by atoms with van der Waals surface area (Å²) in [6, 6.07) is 3.48. The van der Waals surface area contributed by atoms with Crippen LogP contribution in [-0.4, -0.2) is 29.9 Å². The molecule has 0 saturated heterocycles. The summed E-state index contributed by atoms with van der Waals surface area (Å²) in [6.45, 7) is 0. The van der Waals surface area contributed by atoms with E-state index in [1.807, 2.05) is 0 Å². The maximum atomic E-state index is 11.3. The summed E-state index contributed by atoms with van der Waals surface area (Å²) in [5.74, 6) is 0.0594. The van der Waals surface area contributed by atoms with E-state index in [-0.39, 0.29) is 5.91 Å². The normalized spacial score (nSPS) is 9.77. The van der Waals surface area contributed by atoms with E-state index in [1.165, 1.54) is 0 Å². The molecule has 0 aliphatic rings. The lowest BCUT2D eigenvalue weighted by molar-refractivity contribution is -0.127. The number of hydrogen-bond donors (Lipinski definition) is 0. The van der Waals surface area contributed by atoms with Crippen molar-refractivity contribution in [2.75, 3.05) is 14.1 Å². The summed E-state index contributed by atoms with van der Waals surface area (Å²) in [4.78, 5) is 16.7. The number of carbonyl (C=O) groups excluding carboxylic acids is 1. The Morgan fingerprint density at radius 1 is 1.54 bits per heavy atom. The predicted molar refractivity (Wildman–Crippen MR) is 51.6 cm³/mol. The van der Waals surface area contributed by atoms with E-state index in [2.05, 4.69) is 4.98 Å². The molecule has 0 radical (unpaired) electrons. The van der Waals surface area contributed by atoms with Crippen LogP contribution in [0.2, 0.25) is 5.15 Å². The van der Waals surface area contributed by atoms with Crippen molar-refractivity contribution < 1.29 is 4.79 Å². The van der Waals surface area contributed by atoms with Crippen molar-refractivity contribution in [2.24, 2.45) is 0 Å². The van der Waals surface area contributed by atoms with Crippen LogP contribution in [-0.2, 0) is 11.2 Å². The van der Waals surface area contributed by atoms with E-state index >= 15 is 0 Å². The van der Waals surface area contributed by atoms with Gasteiger partial charge in [0.2, 0.25) is 5.91 Å². The highest BCUT2D eigenvalue weighted by Gasteiger charge is 2.04. The van der Waals surface area contributed by atoms with Gasteiger partial charge in [0.05, 0.1) is 6.42 Å². The van der Waals surface area contributed by atoms with Crippen molar-refractivity contribution in [3.05, 3.63) is 29.0 Å². The Balaban J connectivity index is 2.65. The Labute approximate surface area is 82.3 Å². The van der Waals surface area contributed by atoms with Crippen molar-refractivity contribution in [3.8, 4) is 0 Å². The second kappa shape index (κ2) is 4.23. The van der Waals surface area contributed by atoms with E-state index in [0.717, 1.165) is 5.56 Å². The van der Waals surface area contributed by atoms with Crippen molar-refractivity contribution in [3.63, 3.8) is 0 Å². The van der Waals surface area contributed by atoms with Crippen LogP contribution in [0.5, 0.6) is 0 Å². The van der Waals surface area contributed by atoms with Gasteiger partial charge in [-0.25, -0.2) is 4.98 Å². The highest BCUT2D eigenvalue weighted by Crippen LogP contribution is 2.06. The minimum absolute atomic E-state index is 0.0594. The van der Waals surface area contributed by atoms with Crippen molar-refractivity contribution in [1.29, 1.82) is 0 Å². The lowest BCUT2D eigenvalue weighted by atomic mass is 10.2. The van der Waals surface area contributed by atoms with Crippen LogP contribution >= 0.6 is 11.6 Å². The molecule has 1 amide bonds. The number of pyridine rings is 1. The molecule has 0 fully saturated rings. The van der Waals surface area contributed by atoms with E-state index in [1.54, 1.807) is 37.3 Å². The molecule has 0 N–H and O–H groups in total. The van der Waals surface area contributed by atoms with Crippen LogP contribution in [0.1, 0.15) is 5.56 Å². The van der Waals surface area contributed by atoms with Crippen molar-refractivity contribution in [2.45, 2.75) is 6.42 Å². The minimum Gasteiger partial charge on any atom is -0.349 e. The third kappa shape index (κ3) is 3.03. The largest absolute Gasteiger partial charge is 0.349 e. The fraction of sp³-hybridized carbons (Fsp3) is 0.333. The second-order valence-electron chi connectivity index (χ2n) is 2.95. The van der Waals surface area contributed by atoms with Crippen LogP contribution in [0.4, 0.5) is 0 Å². The summed E-state index contributed by atoms with van der Waals surface area (Å²) in [6.07, 6.45) is 1.99. The number of hydrogen-bond acceptors (Lipinski definition) is 2. The van der Waals surface area contributed by atoms with Crippen LogP contribution < -0.4 is 0 Å². The van der Waals surface area contributed by atoms with Gasteiger partial charge in [-0.2, -0.15) is 0 Å². The number of rotatable bonds is 2. The van der Waals surface area contributed by atoms with Crippen molar-refractivity contribution >= 4 is 17.5 Å². The third-order valence-corrected chi connectivity index (χ3v) is 1.87. The summed E-state index contributed by atoms with van der Waals surface area (Å²) in [5.41, 5.74) is 0.878. The molecule has 0 aliphatic heterocycles. The Bertz CT molecular complexity index is 295. The van der Waals surface area contributed by atoms with E-state index in [9.17, 15) is 4.79 Å². The minimum atomic E-state index is 0.0594. The Kier molecular flexibility index (Phi) is 3.25. The number of likely N-dealkylation sites (N-methyl/N-ethyl adjacent to an activating group) is 1. The topological polar surface area (TPSA) is 33.2 Å². The van der Waals surface area contributed by atoms with Gasteiger partial charge in [0.25, 0.3) is 0 Å². The first-order chi connectivity index (χ1) is 6.09. The number of carbonyl (C=O) groups is 1. The molecule has 3 nitrogen and oxygen atoms in total. The molecule has 0 atom stereocenters. The van der Waals surface area contributed by atoms with Gasteiger partial charge in [-0.05, 0) is 11.6 Å². The van der Waals surface area contributed by atoms with E-state index in [4.69, 9.17) is 11.6 Å². The molecule has 1 aromatic rings. The van der Waals surface area contributed by atoms with Crippen molar-refractivity contribution in [1.82, 2.24) is 9.88 Å². The summed E-state index contributed by atoms with van der Waals surface area (Å²) >= 11 is 5.60. The van der Waals surface area contributed by atoms with Gasteiger partial charge in [-0.15, -0.1) is 0 Å². The molecular formula is C9H11ClN2O. The van der Waals surface area contributed by atoms with Crippen LogP contribution in [0.3, 0.4) is 0 Å². The monoisotopic (exact) mass is 198 g/mol. The number of nitrogens with zero attached hydrogens (tertiary/aromatic N) is 2. The highest BCUT2D eigenvalue weighted by atomic mass is 35.5.